The summed E-state index contributed by atoms with van der Waals surface area (Å²) in [5.74, 6) is -0.229. The number of hydrogen-bond donors (Lipinski definition) is 1. The van der Waals surface area contributed by atoms with Crippen LogP contribution in [0, 0.1) is 13.8 Å². The first-order valence-electron chi connectivity index (χ1n) is 11.8. The van der Waals surface area contributed by atoms with Crippen LogP contribution in [0.2, 0.25) is 0 Å². The van der Waals surface area contributed by atoms with Crippen LogP contribution in [0.25, 0.3) is 0 Å². The fourth-order valence-electron chi connectivity index (χ4n) is 3.97. The van der Waals surface area contributed by atoms with Crippen molar-refractivity contribution in [2.24, 2.45) is 0 Å². The van der Waals surface area contributed by atoms with Gasteiger partial charge in [-0.1, -0.05) is 69.0 Å². The van der Waals surface area contributed by atoms with Crippen molar-refractivity contribution in [3.63, 3.8) is 0 Å². The minimum atomic E-state index is -1.30. The molecule has 0 bridgehead atoms. The second-order valence-corrected chi connectivity index (χ2v) is 9.22. The Labute approximate surface area is 193 Å². The second kappa shape index (κ2) is 11.8. The van der Waals surface area contributed by atoms with Crippen LogP contribution in [-0.2, 0) is 17.6 Å². The van der Waals surface area contributed by atoms with Crippen molar-refractivity contribution in [1.29, 1.82) is 0 Å². The summed E-state index contributed by atoms with van der Waals surface area (Å²) in [4.78, 5) is 24.4. The maximum atomic E-state index is 13.0. The van der Waals surface area contributed by atoms with Gasteiger partial charge in [0, 0.05) is 12.0 Å². The number of ether oxygens (including phenoxy) is 1. The van der Waals surface area contributed by atoms with Gasteiger partial charge in [0.2, 0.25) is 0 Å². The molecule has 0 fully saturated rings. The van der Waals surface area contributed by atoms with Crippen molar-refractivity contribution < 1.29 is 19.4 Å². The molecule has 0 saturated carbocycles. The molecule has 1 N–H and O–H groups in total. The van der Waals surface area contributed by atoms with E-state index in [2.05, 4.69) is 13.0 Å². The fourth-order valence-corrected chi connectivity index (χ4v) is 3.97. The van der Waals surface area contributed by atoms with Crippen LogP contribution in [0.4, 0.5) is 0 Å². The van der Waals surface area contributed by atoms with Gasteiger partial charge >= 0.3 is 5.97 Å². The standard InChI is InChI=1S/C28H38O4/c1-6-7-8-9-10-13-23-14-11-12-15-24(23)25(29)17-16-22-18-20(2)26(21(3)19-22)32-28(4,5)27(30)31/h11-12,14-15,18-19H,6-10,13,16-17H2,1-5H3,(H,30,31). The highest BCUT2D eigenvalue weighted by Gasteiger charge is 2.30. The number of carboxylic acids is 1. The lowest BCUT2D eigenvalue weighted by Crippen LogP contribution is -2.38. The Morgan fingerprint density at radius 2 is 1.56 bits per heavy atom. The van der Waals surface area contributed by atoms with Gasteiger partial charge in [-0.2, -0.15) is 0 Å². The maximum absolute atomic E-state index is 13.0. The molecule has 2 rings (SSSR count). The number of carbonyl (C=O) groups is 2. The number of rotatable bonds is 13. The zero-order chi connectivity index (χ0) is 23.7. The van der Waals surface area contributed by atoms with Gasteiger partial charge in [-0.15, -0.1) is 0 Å². The van der Waals surface area contributed by atoms with E-state index >= 15 is 0 Å². The van der Waals surface area contributed by atoms with Crippen LogP contribution < -0.4 is 4.74 Å². The summed E-state index contributed by atoms with van der Waals surface area (Å²) in [5.41, 5.74) is 3.53. The van der Waals surface area contributed by atoms with E-state index in [1.165, 1.54) is 25.7 Å². The molecule has 0 aliphatic heterocycles. The van der Waals surface area contributed by atoms with Crippen molar-refractivity contribution in [2.45, 2.75) is 91.6 Å². The van der Waals surface area contributed by atoms with Crippen molar-refractivity contribution in [2.75, 3.05) is 0 Å². The van der Waals surface area contributed by atoms with E-state index in [0.717, 1.165) is 40.7 Å². The highest BCUT2D eigenvalue weighted by atomic mass is 16.5. The van der Waals surface area contributed by atoms with Gasteiger partial charge in [-0.05, 0) is 69.2 Å². The SMILES string of the molecule is CCCCCCCc1ccccc1C(=O)CCc1cc(C)c(OC(C)(C)C(=O)O)c(C)c1. The first kappa shape index (κ1) is 25.6. The summed E-state index contributed by atoms with van der Waals surface area (Å²) in [5, 5.41) is 9.34. The van der Waals surface area contributed by atoms with E-state index < -0.39 is 11.6 Å². The van der Waals surface area contributed by atoms with E-state index in [4.69, 9.17) is 4.74 Å². The normalized spacial score (nSPS) is 11.4. The molecule has 0 amide bonds. The Morgan fingerprint density at radius 3 is 2.19 bits per heavy atom. The Morgan fingerprint density at radius 1 is 0.938 bits per heavy atom. The van der Waals surface area contributed by atoms with Gasteiger partial charge in [0.25, 0.3) is 0 Å². The van der Waals surface area contributed by atoms with E-state index in [1.54, 1.807) is 13.8 Å². The third kappa shape index (κ3) is 7.22. The summed E-state index contributed by atoms with van der Waals surface area (Å²) >= 11 is 0. The quantitative estimate of drug-likeness (QED) is 0.274. The van der Waals surface area contributed by atoms with Gasteiger partial charge < -0.3 is 9.84 Å². The van der Waals surface area contributed by atoms with Crippen LogP contribution in [0.1, 0.15) is 91.9 Å². The summed E-state index contributed by atoms with van der Waals surface area (Å²) < 4.78 is 5.79. The highest BCUT2D eigenvalue weighted by molar-refractivity contribution is 5.97. The van der Waals surface area contributed by atoms with Crippen LogP contribution in [0.3, 0.4) is 0 Å². The van der Waals surface area contributed by atoms with Crippen molar-refractivity contribution in [1.82, 2.24) is 0 Å². The Kier molecular flexibility index (Phi) is 9.49. The summed E-state index contributed by atoms with van der Waals surface area (Å²) in [6.45, 7) is 9.14. The third-order valence-corrected chi connectivity index (χ3v) is 5.90. The average molecular weight is 439 g/mol. The summed E-state index contributed by atoms with van der Waals surface area (Å²) in [6.07, 6.45) is 8.15. The third-order valence-electron chi connectivity index (χ3n) is 5.90. The highest BCUT2D eigenvalue weighted by Crippen LogP contribution is 2.29. The minimum absolute atomic E-state index is 0.178. The molecule has 0 spiro atoms. The molecule has 174 valence electrons. The molecule has 0 unspecified atom stereocenters. The monoisotopic (exact) mass is 438 g/mol. The summed E-state index contributed by atoms with van der Waals surface area (Å²) in [7, 11) is 0. The van der Waals surface area contributed by atoms with E-state index in [1.807, 2.05) is 44.2 Å². The second-order valence-electron chi connectivity index (χ2n) is 9.22. The fraction of sp³-hybridized carbons (Fsp3) is 0.500. The molecule has 4 nitrogen and oxygen atoms in total. The number of ketones is 1. The molecule has 0 atom stereocenters. The molecule has 0 heterocycles. The van der Waals surface area contributed by atoms with E-state index in [-0.39, 0.29) is 5.78 Å². The largest absolute Gasteiger partial charge is 0.478 e. The van der Waals surface area contributed by atoms with E-state index in [9.17, 15) is 14.7 Å². The molecule has 2 aromatic carbocycles. The Bertz CT molecular complexity index is 904. The van der Waals surface area contributed by atoms with Gasteiger partial charge in [-0.25, -0.2) is 4.79 Å². The molecule has 0 aliphatic carbocycles. The number of hydrogen-bond acceptors (Lipinski definition) is 3. The molecule has 0 radical (unpaired) electrons. The first-order chi connectivity index (χ1) is 15.2. The summed E-state index contributed by atoms with van der Waals surface area (Å²) in [6, 6.07) is 12.0. The molecular weight excluding hydrogens is 400 g/mol. The molecule has 4 heteroatoms. The molecule has 32 heavy (non-hydrogen) atoms. The lowest BCUT2D eigenvalue weighted by molar-refractivity contribution is -0.152. The Balaban J connectivity index is 2.04. The van der Waals surface area contributed by atoms with Crippen molar-refractivity contribution in [3.8, 4) is 5.75 Å². The Hall–Kier alpha value is -2.62. The van der Waals surface area contributed by atoms with Crippen molar-refractivity contribution in [3.05, 3.63) is 64.2 Å². The minimum Gasteiger partial charge on any atom is -0.478 e. The molecule has 0 aliphatic rings. The number of aryl methyl sites for hydroxylation is 4. The number of aliphatic carboxylic acids is 1. The zero-order valence-corrected chi connectivity index (χ0v) is 20.3. The zero-order valence-electron chi connectivity index (χ0n) is 20.3. The maximum Gasteiger partial charge on any atom is 0.347 e. The smallest absolute Gasteiger partial charge is 0.347 e. The van der Waals surface area contributed by atoms with Gasteiger partial charge in [-0.3, -0.25) is 4.79 Å². The van der Waals surface area contributed by atoms with Crippen molar-refractivity contribution >= 4 is 11.8 Å². The van der Waals surface area contributed by atoms with Gasteiger partial charge in [0.15, 0.2) is 11.4 Å². The molecule has 2 aromatic rings. The number of Topliss-reactive ketones (excluding diaryl/α,β-unsaturated/α-hetero) is 1. The number of benzene rings is 2. The molecular formula is C28H38O4. The average Bonchev–Trinajstić information content (AvgIpc) is 2.74. The lowest BCUT2D eigenvalue weighted by Gasteiger charge is -2.24. The van der Waals surface area contributed by atoms with Gasteiger partial charge in [0.05, 0.1) is 0 Å². The van der Waals surface area contributed by atoms with Crippen LogP contribution >= 0.6 is 0 Å². The number of unbranched alkanes of at least 4 members (excludes halogenated alkanes) is 4. The van der Waals surface area contributed by atoms with Crippen LogP contribution in [-0.4, -0.2) is 22.5 Å². The number of carbonyl (C=O) groups excluding carboxylic acids is 1. The van der Waals surface area contributed by atoms with Crippen LogP contribution in [0.5, 0.6) is 5.75 Å². The number of carboxylic acid groups (broad SMARTS) is 1. The first-order valence-corrected chi connectivity index (χ1v) is 11.8. The van der Waals surface area contributed by atoms with E-state index in [0.29, 0.717) is 18.6 Å². The lowest BCUT2D eigenvalue weighted by atomic mass is 9.94. The molecule has 0 aromatic heterocycles. The van der Waals surface area contributed by atoms with Crippen LogP contribution in [0.15, 0.2) is 36.4 Å². The predicted molar refractivity (Wildman–Crippen MR) is 130 cm³/mol. The van der Waals surface area contributed by atoms with Gasteiger partial charge in [0.1, 0.15) is 5.75 Å². The topological polar surface area (TPSA) is 63.6 Å². The predicted octanol–water partition coefficient (Wildman–Crippen LogP) is 6.87. The molecule has 0 saturated heterocycles.